The van der Waals surface area contributed by atoms with E-state index in [1.807, 2.05) is 0 Å². The first-order chi connectivity index (χ1) is 12.3. The fraction of sp³-hybridized carbons (Fsp3) is 0.783. The van der Waals surface area contributed by atoms with Crippen LogP contribution in [0.15, 0.2) is 24.8 Å². The molecule has 146 valence electrons. The molecule has 0 saturated carbocycles. The number of hydrogen-bond acceptors (Lipinski definition) is 2. The molecular weight excluding hydrogens is 308 g/mol. The Bertz CT molecular complexity index is 320. The number of allylic oxidation sites excluding steroid dienone is 2. The van der Waals surface area contributed by atoms with Crippen LogP contribution in [-0.4, -0.2) is 12.6 Å². The lowest BCUT2D eigenvalue weighted by Gasteiger charge is -2.03. The van der Waals surface area contributed by atoms with E-state index in [1.54, 1.807) is 0 Å². The van der Waals surface area contributed by atoms with Gasteiger partial charge in [-0.25, -0.2) is 4.79 Å². The van der Waals surface area contributed by atoms with Crippen molar-refractivity contribution < 1.29 is 9.53 Å². The molecule has 0 amide bonds. The third kappa shape index (κ3) is 20.9. The van der Waals surface area contributed by atoms with Gasteiger partial charge in [0.05, 0.1) is 6.61 Å². The first kappa shape index (κ1) is 23.9. The summed E-state index contributed by atoms with van der Waals surface area (Å²) in [4.78, 5) is 10.8. The number of rotatable bonds is 19. The van der Waals surface area contributed by atoms with Gasteiger partial charge in [-0.2, -0.15) is 0 Å². The lowest BCUT2D eigenvalue weighted by atomic mass is 10.1. The summed E-state index contributed by atoms with van der Waals surface area (Å²) in [5.41, 5.74) is 0. The van der Waals surface area contributed by atoms with E-state index in [2.05, 4.69) is 25.7 Å². The molecule has 0 rings (SSSR count). The van der Waals surface area contributed by atoms with E-state index in [0.29, 0.717) is 6.61 Å². The molecule has 0 unspecified atom stereocenters. The van der Waals surface area contributed by atoms with Crippen LogP contribution < -0.4 is 0 Å². The Morgan fingerprint density at radius 3 is 1.64 bits per heavy atom. The molecule has 0 aliphatic heterocycles. The predicted molar refractivity (Wildman–Crippen MR) is 110 cm³/mol. The van der Waals surface area contributed by atoms with Crippen LogP contribution in [0.4, 0.5) is 0 Å². The molecule has 0 radical (unpaired) electrons. The minimum Gasteiger partial charge on any atom is -0.463 e. The highest BCUT2D eigenvalue weighted by Gasteiger charge is 1.95. The van der Waals surface area contributed by atoms with Crippen LogP contribution in [-0.2, 0) is 9.53 Å². The summed E-state index contributed by atoms with van der Waals surface area (Å²) in [5, 5.41) is 0. The van der Waals surface area contributed by atoms with Crippen molar-refractivity contribution in [3.8, 4) is 0 Å². The van der Waals surface area contributed by atoms with Crippen molar-refractivity contribution in [2.24, 2.45) is 0 Å². The average Bonchev–Trinajstić information content (AvgIpc) is 2.63. The van der Waals surface area contributed by atoms with E-state index in [4.69, 9.17) is 4.74 Å². The van der Waals surface area contributed by atoms with Crippen LogP contribution in [0.3, 0.4) is 0 Å². The van der Waals surface area contributed by atoms with Crippen LogP contribution in [0.25, 0.3) is 0 Å². The summed E-state index contributed by atoms with van der Waals surface area (Å²) in [6, 6.07) is 0. The maximum Gasteiger partial charge on any atom is 0.330 e. The van der Waals surface area contributed by atoms with Gasteiger partial charge in [-0.15, -0.1) is 0 Å². The largest absolute Gasteiger partial charge is 0.463 e. The summed E-state index contributed by atoms with van der Waals surface area (Å²) in [6.45, 7) is 6.19. The quantitative estimate of drug-likeness (QED) is 0.104. The number of carbonyl (C=O) groups excluding carboxylic acids is 1. The van der Waals surface area contributed by atoms with Gasteiger partial charge in [-0.05, 0) is 32.1 Å². The molecule has 0 atom stereocenters. The molecule has 0 heterocycles. The molecule has 25 heavy (non-hydrogen) atoms. The van der Waals surface area contributed by atoms with E-state index >= 15 is 0 Å². The highest BCUT2D eigenvalue weighted by atomic mass is 16.5. The van der Waals surface area contributed by atoms with Crippen molar-refractivity contribution in [3.05, 3.63) is 24.8 Å². The fourth-order valence-electron chi connectivity index (χ4n) is 2.93. The van der Waals surface area contributed by atoms with Gasteiger partial charge in [0.25, 0.3) is 0 Å². The summed E-state index contributed by atoms with van der Waals surface area (Å²) in [5.74, 6) is -0.305. The molecule has 2 nitrogen and oxygen atoms in total. The zero-order chi connectivity index (χ0) is 18.4. The second kappa shape index (κ2) is 21.0. The van der Waals surface area contributed by atoms with E-state index in [9.17, 15) is 4.79 Å². The molecule has 0 fully saturated rings. The topological polar surface area (TPSA) is 26.3 Å². The lowest BCUT2D eigenvalue weighted by Crippen LogP contribution is -2.01. The van der Waals surface area contributed by atoms with Gasteiger partial charge in [0.1, 0.15) is 0 Å². The number of unbranched alkanes of at least 4 members (excludes halogenated alkanes) is 14. The Balaban J connectivity index is 3.10. The second-order valence-electron chi connectivity index (χ2n) is 7.02. The summed E-state index contributed by atoms with van der Waals surface area (Å²) in [6.07, 6.45) is 27.0. The third-order valence-electron chi connectivity index (χ3n) is 4.57. The molecule has 0 aromatic carbocycles. The van der Waals surface area contributed by atoms with Gasteiger partial charge in [0.2, 0.25) is 0 Å². The maximum atomic E-state index is 10.8. The van der Waals surface area contributed by atoms with Crippen LogP contribution in [0, 0.1) is 0 Å². The van der Waals surface area contributed by atoms with Crippen LogP contribution >= 0.6 is 0 Å². The average molecular weight is 351 g/mol. The number of ether oxygens (including phenoxy) is 1. The van der Waals surface area contributed by atoms with Crippen molar-refractivity contribution in [2.75, 3.05) is 6.61 Å². The van der Waals surface area contributed by atoms with Gasteiger partial charge < -0.3 is 4.74 Å². The number of carbonyl (C=O) groups is 1. The van der Waals surface area contributed by atoms with Crippen molar-refractivity contribution >= 4 is 5.97 Å². The third-order valence-corrected chi connectivity index (χ3v) is 4.57. The molecule has 0 bridgehead atoms. The van der Waals surface area contributed by atoms with Gasteiger partial charge in [0, 0.05) is 6.08 Å². The maximum absolute atomic E-state index is 10.8. The molecule has 0 spiro atoms. The summed E-state index contributed by atoms with van der Waals surface area (Å²) < 4.78 is 4.96. The van der Waals surface area contributed by atoms with Crippen molar-refractivity contribution in [1.82, 2.24) is 0 Å². The minimum atomic E-state index is -0.305. The van der Waals surface area contributed by atoms with Crippen molar-refractivity contribution in [2.45, 2.75) is 110 Å². The monoisotopic (exact) mass is 350 g/mol. The Morgan fingerprint density at radius 1 is 0.720 bits per heavy atom. The van der Waals surface area contributed by atoms with Gasteiger partial charge in [0.15, 0.2) is 0 Å². The molecule has 0 aromatic heterocycles. The van der Waals surface area contributed by atoms with Crippen LogP contribution in [0.2, 0.25) is 0 Å². The normalized spacial score (nSPS) is 11.1. The van der Waals surface area contributed by atoms with Crippen molar-refractivity contribution in [1.29, 1.82) is 0 Å². The van der Waals surface area contributed by atoms with Crippen molar-refractivity contribution in [3.63, 3.8) is 0 Å². The van der Waals surface area contributed by atoms with Gasteiger partial charge >= 0.3 is 5.97 Å². The minimum absolute atomic E-state index is 0.305. The highest BCUT2D eigenvalue weighted by Crippen LogP contribution is 2.11. The molecule has 0 saturated heterocycles. The van der Waals surface area contributed by atoms with E-state index in [1.165, 1.54) is 96.0 Å². The first-order valence-corrected chi connectivity index (χ1v) is 10.8. The van der Waals surface area contributed by atoms with Gasteiger partial charge in [-0.3, -0.25) is 0 Å². The molecule has 0 aromatic rings. The standard InChI is InChI=1S/C23H42O2/c1-3-5-6-7-8-9-10-11-12-13-14-15-16-17-18-19-20-21-22-25-23(24)4-2/h4,11-12H,2-3,5-10,13-22H2,1H3/b12-11+. The zero-order valence-corrected chi connectivity index (χ0v) is 16.8. The molecular formula is C23H42O2. The predicted octanol–water partition coefficient (Wildman–Crippen LogP) is 7.53. The number of esters is 1. The van der Waals surface area contributed by atoms with Crippen LogP contribution in [0.1, 0.15) is 110 Å². The van der Waals surface area contributed by atoms with Gasteiger partial charge in [-0.1, -0.05) is 96.3 Å². The van der Waals surface area contributed by atoms with Crippen LogP contribution in [0.5, 0.6) is 0 Å². The van der Waals surface area contributed by atoms with E-state index < -0.39 is 0 Å². The molecule has 0 aliphatic carbocycles. The zero-order valence-electron chi connectivity index (χ0n) is 16.8. The van der Waals surface area contributed by atoms with E-state index in [0.717, 1.165) is 12.8 Å². The summed E-state index contributed by atoms with van der Waals surface area (Å²) in [7, 11) is 0. The second-order valence-corrected chi connectivity index (χ2v) is 7.02. The Morgan fingerprint density at radius 2 is 1.16 bits per heavy atom. The Hall–Kier alpha value is -1.05. The Kier molecular flexibility index (Phi) is 20.1. The highest BCUT2D eigenvalue weighted by molar-refractivity contribution is 5.81. The SMILES string of the molecule is C=CC(=O)OCCCCCCCCCC/C=C/CCCCCCCC. The fourth-order valence-corrected chi connectivity index (χ4v) is 2.93. The molecule has 0 N–H and O–H groups in total. The smallest absolute Gasteiger partial charge is 0.330 e. The number of hydrogen-bond donors (Lipinski definition) is 0. The van der Waals surface area contributed by atoms with E-state index in [-0.39, 0.29) is 5.97 Å². The molecule has 2 heteroatoms. The first-order valence-electron chi connectivity index (χ1n) is 10.8. The summed E-state index contributed by atoms with van der Waals surface area (Å²) >= 11 is 0. The lowest BCUT2D eigenvalue weighted by molar-refractivity contribution is -0.137. The molecule has 0 aliphatic rings. The Labute approximate surface area is 157 Å².